The van der Waals surface area contributed by atoms with Gasteiger partial charge in [-0.1, -0.05) is 18.6 Å². The fourth-order valence-electron chi connectivity index (χ4n) is 4.39. The first kappa shape index (κ1) is 21.2. The topological polar surface area (TPSA) is 67.2 Å². The number of piperidine rings is 1. The molecule has 1 atom stereocenters. The van der Waals surface area contributed by atoms with Gasteiger partial charge in [-0.05, 0) is 76.1 Å². The SMILES string of the molecule is Cc1nc2ccccc2c(=O)n1-c1ccc(C(=O)NCCCN2CCCC[C@@H]2C)cc1. The first-order valence-electron chi connectivity index (χ1n) is 11.2. The minimum atomic E-state index is -0.104. The maximum atomic E-state index is 12.9. The van der Waals surface area contributed by atoms with E-state index in [0.717, 1.165) is 13.0 Å². The molecule has 162 valence electrons. The van der Waals surface area contributed by atoms with E-state index in [4.69, 9.17) is 0 Å². The molecule has 0 saturated carbocycles. The van der Waals surface area contributed by atoms with Crippen LogP contribution in [-0.2, 0) is 0 Å². The highest BCUT2D eigenvalue weighted by atomic mass is 16.1. The molecular weight excluding hydrogens is 388 g/mol. The number of aromatic nitrogens is 2. The molecule has 4 rings (SSSR count). The smallest absolute Gasteiger partial charge is 0.265 e. The Bertz CT molecular complexity index is 1120. The lowest BCUT2D eigenvalue weighted by atomic mass is 10.0. The maximum absolute atomic E-state index is 12.9. The molecule has 2 aromatic carbocycles. The van der Waals surface area contributed by atoms with Gasteiger partial charge in [0.1, 0.15) is 5.82 Å². The average molecular weight is 419 g/mol. The second-order valence-electron chi connectivity index (χ2n) is 8.35. The van der Waals surface area contributed by atoms with E-state index < -0.39 is 0 Å². The van der Waals surface area contributed by atoms with Crippen LogP contribution in [0.2, 0.25) is 0 Å². The summed E-state index contributed by atoms with van der Waals surface area (Å²) >= 11 is 0. The standard InChI is InChI=1S/C25H30N4O2/c1-18-8-5-6-16-28(18)17-7-15-26-24(30)20-11-13-21(14-12-20)29-19(2)27-23-10-4-3-9-22(23)25(29)31/h3-4,9-14,18H,5-8,15-17H2,1-2H3,(H,26,30)/t18-/m0/s1. The zero-order valence-electron chi connectivity index (χ0n) is 18.3. The molecule has 31 heavy (non-hydrogen) atoms. The van der Waals surface area contributed by atoms with E-state index in [9.17, 15) is 9.59 Å². The summed E-state index contributed by atoms with van der Waals surface area (Å²) in [5.74, 6) is 0.534. The monoisotopic (exact) mass is 418 g/mol. The van der Waals surface area contributed by atoms with Gasteiger partial charge in [0.25, 0.3) is 11.5 Å². The van der Waals surface area contributed by atoms with Crippen molar-refractivity contribution in [2.75, 3.05) is 19.6 Å². The molecule has 1 N–H and O–H groups in total. The third-order valence-corrected chi connectivity index (χ3v) is 6.18. The molecule has 1 aromatic heterocycles. The molecule has 2 heterocycles. The molecule has 1 aliphatic rings. The van der Waals surface area contributed by atoms with Crippen molar-refractivity contribution in [2.45, 2.75) is 45.6 Å². The number of para-hydroxylation sites is 1. The predicted molar refractivity (Wildman–Crippen MR) is 124 cm³/mol. The minimum Gasteiger partial charge on any atom is -0.352 e. The van der Waals surface area contributed by atoms with Gasteiger partial charge < -0.3 is 10.2 Å². The van der Waals surface area contributed by atoms with Crippen LogP contribution >= 0.6 is 0 Å². The molecular formula is C25H30N4O2. The largest absolute Gasteiger partial charge is 0.352 e. The van der Waals surface area contributed by atoms with Crippen LogP contribution in [0.15, 0.2) is 53.3 Å². The Labute approximate surface area is 182 Å². The van der Waals surface area contributed by atoms with Gasteiger partial charge in [0.05, 0.1) is 16.6 Å². The van der Waals surface area contributed by atoms with Crippen molar-refractivity contribution < 1.29 is 4.79 Å². The van der Waals surface area contributed by atoms with Crippen molar-refractivity contribution in [3.63, 3.8) is 0 Å². The summed E-state index contributed by atoms with van der Waals surface area (Å²) in [5.41, 5.74) is 1.88. The summed E-state index contributed by atoms with van der Waals surface area (Å²) in [6.07, 6.45) is 4.82. The lowest BCUT2D eigenvalue weighted by Gasteiger charge is -2.33. The fraction of sp³-hybridized carbons (Fsp3) is 0.400. The zero-order chi connectivity index (χ0) is 21.8. The molecule has 6 heteroatoms. The van der Waals surface area contributed by atoms with E-state index in [1.54, 1.807) is 34.9 Å². The molecule has 1 aliphatic heterocycles. The predicted octanol–water partition coefficient (Wildman–Crippen LogP) is 3.69. The molecule has 3 aromatic rings. The maximum Gasteiger partial charge on any atom is 0.265 e. The normalized spacial score (nSPS) is 17.0. The van der Waals surface area contributed by atoms with Gasteiger partial charge >= 0.3 is 0 Å². The second kappa shape index (κ2) is 9.43. The molecule has 1 saturated heterocycles. The van der Waals surface area contributed by atoms with E-state index in [1.165, 1.54) is 25.8 Å². The Balaban J connectivity index is 1.40. The molecule has 0 unspecified atom stereocenters. The minimum absolute atomic E-state index is 0.0843. The second-order valence-corrected chi connectivity index (χ2v) is 8.35. The zero-order valence-corrected chi connectivity index (χ0v) is 18.3. The number of aryl methyl sites for hydroxylation is 1. The summed E-state index contributed by atoms with van der Waals surface area (Å²) in [6.45, 7) is 6.96. The third kappa shape index (κ3) is 4.69. The molecule has 6 nitrogen and oxygen atoms in total. The van der Waals surface area contributed by atoms with Crippen molar-refractivity contribution in [2.24, 2.45) is 0 Å². The van der Waals surface area contributed by atoms with Crippen LogP contribution in [0.4, 0.5) is 0 Å². The number of rotatable bonds is 6. The summed E-state index contributed by atoms with van der Waals surface area (Å²) < 4.78 is 1.59. The Morgan fingerprint density at radius 2 is 1.90 bits per heavy atom. The summed E-state index contributed by atoms with van der Waals surface area (Å²) in [6, 6.07) is 15.1. The van der Waals surface area contributed by atoms with Crippen LogP contribution in [0.3, 0.4) is 0 Å². The molecule has 0 aliphatic carbocycles. The van der Waals surface area contributed by atoms with Gasteiger partial charge in [-0.3, -0.25) is 14.2 Å². The van der Waals surface area contributed by atoms with Crippen LogP contribution in [0.1, 0.15) is 48.8 Å². The highest BCUT2D eigenvalue weighted by molar-refractivity contribution is 5.94. The first-order valence-corrected chi connectivity index (χ1v) is 11.2. The number of hydrogen-bond donors (Lipinski definition) is 1. The van der Waals surface area contributed by atoms with Gasteiger partial charge in [-0.25, -0.2) is 4.98 Å². The molecule has 1 amide bonds. The lowest BCUT2D eigenvalue weighted by Crippen LogP contribution is -2.39. The van der Waals surface area contributed by atoms with Crippen molar-refractivity contribution in [3.8, 4) is 5.69 Å². The van der Waals surface area contributed by atoms with E-state index in [1.807, 2.05) is 25.1 Å². The first-order chi connectivity index (χ1) is 15.0. The van der Waals surface area contributed by atoms with Crippen molar-refractivity contribution in [1.82, 2.24) is 19.8 Å². The van der Waals surface area contributed by atoms with Gasteiger partial charge in [0, 0.05) is 24.7 Å². The number of fused-ring (bicyclic) bond motifs is 1. The van der Waals surface area contributed by atoms with E-state index in [0.29, 0.717) is 40.6 Å². The van der Waals surface area contributed by atoms with E-state index in [2.05, 4.69) is 22.1 Å². The fourth-order valence-corrected chi connectivity index (χ4v) is 4.39. The number of benzene rings is 2. The number of nitrogens with one attached hydrogen (secondary N) is 1. The number of hydrogen-bond acceptors (Lipinski definition) is 4. The van der Waals surface area contributed by atoms with Crippen LogP contribution < -0.4 is 10.9 Å². The summed E-state index contributed by atoms with van der Waals surface area (Å²) in [7, 11) is 0. The van der Waals surface area contributed by atoms with Crippen LogP contribution in [0.5, 0.6) is 0 Å². The lowest BCUT2D eigenvalue weighted by molar-refractivity contribution is 0.0949. The Hall–Kier alpha value is -2.99. The van der Waals surface area contributed by atoms with Gasteiger partial charge in [0.2, 0.25) is 0 Å². The van der Waals surface area contributed by atoms with Crippen molar-refractivity contribution in [1.29, 1.82) is 0 Å². The number of carbonyl (C=O) groups excluding carboxylic acids is 1. The molecule has 0 bridgehead atoms. The van der Waals surface area contributed by atoms with Gasteiger partial charge in [-0.2, -0.15) is 0 Å². The molecule has 0 spiro atoms. The third-order valence-electron chi connectivity index (χ3n) is 6.18. The van der Waals surface area contributed by atoms with Crippen LogP contribution in [0.25, 0.3) is 16.6 Å². The Morgan fingerprint density at radius 1 is 1.13 bits per heavy atom. The summed E-state index contributed by atoms with van der Waals surface area (Å²) in [5, 5.41) is 3.59. The average Bonchev–Trinajstić information content (AvgIpc) is 2.78. The number of nitrogens with zero attached hydrogens (tertiary/aromatic N) is 3. The quantitative estimate of drug-likeness (QED) is 0.620. The van der Waals surface area contributed by atoms with E-state index >= 15 is 0 Å². The Morgan fingerprint density at radius 3 is 2.68 bits per heavy atom. The summed E-state index contributed by atoms with van der Waals surface area (Å²) in [4.78, 5) is 32.5. The van der Waals surface area contributed by atoms with Crippen LogP contribution in [-0.4, -0.2) is 46.0 Å². The number of amides is 1. The van der Waals surface area contributed by atoms with Crippen molar-refractivity contribution >= 4 is 16.8 Å². The van der Waals surface area contributed by atoms with E-state index in [-0.39, 0.29) is 11.5 Å². The van der Waals surface area contributed by atoms with Gasteiger partial charge in [0.15, 0.2) is 0 Å². The highest BCUT2D eigenvalue weighted by Gasteiger charge is 2.17. The highest BCUT2D eigenvalue weighted by Crippen LogP contribution is 2.16. The molecule has 0 radical (unpaired) electrons. The van der Waals surface area contributed by atoms with Gasteiger partial charge in [-0.15, -0.1) is 0 Å². The number of likely N-dealkylation sites (tertiary alicyclic amines) is 1. The number of carbonyl (C=O) groups is 1. The molecule has 1 fully saturated rings. The van der Waals surface area contributed by atoms with Crippen LogP contribution in [0, 0.1) is 6.92 Å². The Kier molecular flexibility index (Phi) is 6.47. The van der Waals surface area contributed by atoms with Crippen molar-refractivity contribution in [3.05, 3.63) is 70.3 Å².